The highest BCUT2D eigenvalue weighted by Crippen LogP contribution is 2.44. The number of hydrogen-bond donors (Lipinski definition) is 1. The Hall–Kier alpha value is -1.62. The van der Waals surface area contributed by atoms with Crippen LogP contribution < -0.4 is 5.73 Å². The van der Waals surface area contributed by atoms with Gasteiger partial charge in [0.1, 0.15) is 5.82 Å². The number of nitrogens with two attached hydrogens (primary N) is 1. The molecule has 0 spiro atoms. The van der Waals surface area contributed by atoms with Crippen LogP contribution in [0.3, 0.4) is 0 Å². The normalized spacial score (nSPS) is 27.2. The molecular formula is C14H16FN3O. The molecule has 1 aliphatic carbocycles. The van der Waals surface area contributed by atoms with Crippen LogP contribution >= 0.6 is 0 Å². The summed E-state index contributed by atoms with van der Waals surface area (Å²) >= 11 is 0. The van der Waals surface area contributed by atoms with Gasteiger partial charge in [0.25, 0.3) is 0 Å². The Balaban J connectivity index is 1.84. The van der Waals surface area contributed by atoms with Crippen molar-refractivity contribution < 1.29 is 9.13 Å². The second-order valence-corrected chi connectivity index (χ2v) is 5.50. The molecule has 2 fully saturated rings. The summed E-state index contributed by atoms with van der Waals surface area (Å²) in [7, 11) is 0. The van der Waals surface area contributed by atoms with E-state index in [-0.39, 0.29) is 18.0 Å². The summed E-state index contributed by atoms with van der Waals surface area (Å²) in [6, 6.07) is 4.81. The third-order valence-corrected chi connectivity index (χ3v) is 4.20. The quantitative estimate of drug-likeness (QED) is 0.903. The highest BCUT2D eigenvalue weighted by Gasteiger charge is 2.42. The molecule has 1 saturated carbocycles. The lowest BCUT2D eigenvalue weighted by Crippen LogP contribution is -2.23. The Morgan fingerprint density at radius 3 is 2.95 bits per heavy atom. The summed E-state index contributed by atoms with van der Waals surface area (Å²) in [5.74, 6) is 0.843. The molecule has 1 aromatic heterocycles. The maximum atomic E-state index is 13.5. The Kier molecular flexibility index (Phi) is 2.33. The molecule has 2 unspecified atom stereocenters. The Morgan fingerprint density at radius 1 is 1.32 bits per heavy atom. The van der Waals surface area contributed by atoms with Gasteiger partial charge in [0, 0.05) is 6.61 Å². The number of fused-ring (bicyclic) bond motifs is 1. The Morgan fingerprint density at radius 2 is 2.16 bits per heavy atom. The summed E-state index contributed by atoms with van der Waals surface area (Å²) in [6.07, 6.45) is 3.58. The fourth-order valence-corrected chi connectivity index (χ4v) is 3.18. The maximum absolute atomic E-state index is 13.5. The molecule has 4 nitrogen and oxygen atoms in total. The number of rotatable bonds is 2. The van der Waals surface area contributed by atoms with Crippen molar-refractivity contribution in [3.8, 4) is 0 Å². The lowest BCUT2D eigenvalue weighted by Gasteiger charge is -2.21. The van der Waals surface area contributed by atoms with Crippen molar-refractivity contribution in [1.82, 2.24) is 9.55 Å². The van der Waals surface area contributed by atoms with Crippen LogP contribution in [-0.2, 0) is 4.74 Å². The number of hydrogen-bond acceptors (Lipinski definition) is 3. The van der Waals surface area contributed by atoms with E-state index in [1.807, 2.05) is 4.57 Å². The van der Waals surface area contributed by atoms with E-state index >= 15 is 0 Å². The lowest BCUT2D eigenvalue weighted by molar-refractivity contribution is 0.0762. The highest BCUT2D eigenvalue weighted by molar-refractivity contribution is 5.78. The minimum atomic E-state index is -0.254. The van der Waals surface area contributed by atoms with Crippen LogP contribution in [-0.4, -0.2) is 22.3 Å². The van der Waals surface area contributed by atoms with Crippen LogP contribution in [0.4, 0.5) is 10.3 Å². The van der Waals surface area contributed by atoms with E-state index < -0.39 is 0 Å². The number of imidazole rings is 1. The van der Waals surface area contributed by atoms with E-state index in [4.69, 9.17) is 10.5 Å². The fraction of sp³-hybridized carbons (Fsp3) is 0.500. The highest BCUT2D eigenvalue weighted by atomic mass is 19.1. The van der Waals surface area contributed by atoms with Gasteiger partial charge in [-0.25, -0.2) is 9.37 Å². The van der Waals surface area contributed by atoms with Crippen molar-refractivity contribution >= 4 is 17.0 Å². The van der Waals surface area contributed by atoms with E-state index in [2.05, 4.69) is 4.98 Å². The van der Waals surface area contributed by atoms with Crippen molar-refractivity contribution in [3.05, 3.63) is 24.0 Å². The van der Waals surface area contributed by atoms with Crippen molar-refractivity contribution in [2.45, 2.75) is 31.4 Å². The van der Waals surface area contributed by atoms with Crippen molar-refractivity contribution in [2.75, 3.05) is 12.3 Å². The van der Waals surface area contributed by atoms with Crippen molar-refractivity contribution in [3.63, 3.8) is 0 Å². The molecule has 100 valence electrons. The Bertz CT molecular complexity index is 635. The number of nitrogens with zero attached hydrogens (tertiary/aromatic N) is 2. The molecule has 1 aliphatic heterocycles. The van der Waals surface area contributed by atoms with Crippen LogP contribution in [0.2, 0.25) is 0 Å². The van der Waals surface area contributed by atoms with E-state index in [0.29, 0.717) is 11.9 Å². The van der Waals surface area contributed by atoms with Crippen LogP contribution in [0.25, 0.3) is 11.0 Å². The first-order valence-corrected chi connectivity index (χ1v) is 6.78. The van der Waals surface area contributed by atoms with E-state index in [1.165, 1.54) is 25.0 Å². The number of nitrogen functional groups attached to an aromatic ring is 1. The van der Waals surface area contributed by atoms with Crippen LogP contribution in [0.15, 0.2) is 18.2 Å². The molecular weight excluding hydrogens is 245 g/mol. The zero-order valence-corrected chi connectivity index (χ0v) is 10.6. The third-order valence-electron chi connectivity index (χ3n) is 4.20. The topological polar surface area (TPSA) is 53.1 Å². The fourth-order valence-electron chi connectivity index (χ4n) is 3.18. The summed E-state index contributed by atoms with van der Waals surface area (Å²) in [6.45, 7) is 0.750. The molecule has 0 amide bonds. The second-order valence-electron chi connectivity index (χ2n) is 5.50. The predicted molar refractivity (Wildman–Crippen MR) is 70.2 cm³/mol. The van der Waals surface area contributed by atoms with Crippen molar-refractivity contribution in [1.29, 1.82) is 0 Å². The molecule has 2 atom stereocenters. The minimum Gasteiger partial charge on any atom is -0.376 e. The van der Waals surface area contributed by atoms with Crippen LogP contribution in [0.1, 0.15) is 25.3 Å². The van der Waals surface area contributed by atoms with Crippen molar-refractivity contribution in [2.24, 2.45) is 5.92 Å². The SMILES string of the molecule is Nc1nc2ccc(F)cc2n1C1CCOC1C1CC1. The largest absolute Gasteiger partial charge is 0.376 e. The first kappa shape index (κ1) is 11.2. The molecule has 2 aromatic rings. The molecule has 4 rings (SSSR count). The minimum absolute atomic E-state index is 0.194. The zero-order chi connectivity index (χ0) is 13.0. The molecule has 2 aliphatic rings. The maximum Gasteiger partial charge on any atom is 0.201 e. The number of benzene rings is 1. The first-order chi connectivity index (χ1) is 9.24. The molecule has 2 heterocycles. The summed E-state index contributed by atoms with van der Waals surface area (Å²) < 4.78 is 21.3. The summed E-state index contributed by atoms with van der Waals surface area (Å²) in [5, 5.41) is 0. The first-order valence-electron chi connectivity index (χ1n) is 6.78. The average molecular weight is 261 g/mol. The number of aromatic nitrogens is 2. The molecule has 2 N–H and O–H groups in total. The van der Waals surface area contributed by atoms with Gasteiger partial charge in [-0.05, 0) is 43.4 Å². The van der Waals surface area contributed by atoms with Gasteiger partial charge in [0.05, 0.1) is 23.2 Å². The van der Waals surface area contributed by atoms with E-state index in [9.17, 15) is 4.39 Å². The van der Waals surface area contributed by atoms with Gasteiger partial charge in [0.15, 0.2) is 0 Å². The number of anilines is 1. The third kappa shape index (κ3) is 1.72. The monoisotopic (exact) mass is 261 g/mol. The van der Waals surface area contributed by atoms with E-state index in [0.717, 1.165) is 24.1 Å². The van der Waals surface area contributed by atoms with Gasteiger partial charge < -0.3 is 15.0 Å². The molecule has 0 radical (unpaired) electrons. The van der Waals surface area contributed by atoms with Gasteiger partial charge in [-0.2, -0.15) is 0 Å². The summed E-state index contributed by atoms with van der Waals surface area (Å²) in [5.41, 5.74) is 7.57. The molecule has 5 heteroatoms. The van der Waals surface area contributed by atoms with Gasteiger partial charge in [0.2, 0.25) is 5.95 Å². The Labute approximate surface area is 110 Å². The van der Waals surface area contributed by atoms with Crippen LogP contribution in [0.5, 0.6) is 0 Å². The molecule has 19 heavy (non-hydrogen) atoms. The summed E-state index contributed by atoms with van der Waals surface area (Å²) in [4.78, 5) is 4.33. The predicted octanol–water partition coefficient (Wildman–Crippen LogP) is 2.50. The standard InChI is InChI=1S/C14H16FN3O/c15-9-3-4-10-12(7-9)18(14(16)17-10)11-5-6-19-13(11)8-1-2-8/h3-4,7-8,11,13H,1-2,5-6H2,(H2,16,17). The molecule has 1 aromatic carbocycles. The van der Waals surface area contributed by atoms with Gasteiger partial charge >= 0.3 is 0 Å². The number of halogens is 1. The second kappa shape index (κ2) is 3.93. The number of ether oxygens (including phenoxy) is 1. The van der Waals surface area contributed by atoms with E-state index in [1.54, 1.807) is 6.07 Å². The van der Waals surface area contributed by atoms with Crippen LogP contribution in [0, 0.1) is 11.7 Å². The average Bonchev–Trinajstić information content (AvgIpc) is 3.03. The van der Waals surface area contributed by atoms with Gasteiger partial charge in [-0.1, -0.05) is 0 Å². The lowest BCUT2D eigenvalue weighted by atomic mass is 10.1. The molecule has 0 bridgehead atoms. The van der Waals surface area contributed by atoms with Gasteiger partial charge in [-0.15, -0.1) is 0 Å². The zero-order valence-electron chi connectivity index (χ0n) is 10.6. The molecule has 1 saturated heterocycles. The van der Waals surface area contributed by atoms with Gasteiger partial charge in [-0.3, -0.25) is 0 Å². The smallest absolute Gasteiger partial charge is 0.201 e.